The van der Waals surface area contributed by atoms with Crippen LogP contribution in [-0.2, 0) is 25.1 Å². The number of hydrogen-bond acceptors (Lipinski definition) is 10. The average molecular weight is 978 g/mol. The first kappa shape index (κ1) is 47.6. The molecule has 5 aromatic rings. The SMILES string of the molecule is CC(=O)C(N=Nc1cccc(C(=O)Nc2ccc(Cl)c(Cl)c2)c1Cl)C(=O)Nc1ccc(NC(=O)C(N=Nc2cccc(C(=O)Nc3ccc(Cl)c(Cl)c3)c2Cl)C(C)=O)c(CCl)c1. The Morgan fingerprint density at radius 1 is 0.516 bits per heavy atom. The number of anilines is 4. The first-order chi connectivity index (χ1) is 29.5. The van der Waals surface area contributed by atoms with E-state index in [0.717, 1.165) is 13.8 Å². The Balaban J connectivity index is 1.26. The van der Waals surface area contributed by atoms with Crippen LogP contribution in [0.4, 0.5) is 34.1 Å². The number of nitrogens with zero attached hydrogens (tertiary/aromatic N) is 4. The third kappa shape index (κ3) is 12.1. The van der Waals surface area contributed by atoms with Crippen molar-refractivity contribution in [1.82, 2.24) is 0 Å². The monoisotopic (exact) mass is 974 g/mol. The van der Waals surface area contributed by atoms with E-state index in [1.807, 2.05) is 0 Å². The maximum Gasteiger partial charge on any atom is 0.258 e. The Morgan fingerprint density at radius 3 is 1.35 bits per heavy atom. The predicted molar refractivity (Wildman–Crippen MR) is 243 cm³/mol. The Labute approximate surface area is 388 Å². The molecule has 2 unspecified atom stereocenters. The molecule has 0 spiro atoms. The third-order valence-electron chi connectivity index (χ3n) is 8.40. The molecule has 21 heteroatoms. The number of azo groups is 2. The summed E-state index contributed by atoms with van der Waals surface area (Å²) in [5.74, 6) is -4.44. The van der Waals surface area contributed by atoms with Crippen molar-refractivity contribution in [3.05, 3.63) is 138 Å². The highest BCUT2D eigenvalue weighted by atomic mass is 35.5. The van der Waals surface area contributed by atoms with Gasteiger partial charge in [0, 0.05) is 28.6 Å². The third-order valence-corrected chi connectivity index (χ3v) is 11.0. The van der Waals surface area contributed by atoms with Gasteiger partial charge in [-0.2, -0.15) is 20.5 Å². The van der Waals surface area contributed by atoms with Crippen molar-refractivity contribution in [3.63, 3.8) is 0 Å². The topological polar surface area (TPSA) is 200 Å². The van der Waals surface area contributed by atoms with Gasteiger partial charge in [0.15, 0.2) is 11.6 Å². The van der Waals surface area contributed by atoms with Crippen molar-refractivity contribution in [2.45, 2.75) is 31.8 Å². The standard InChI is InChI=1S/C41H29Cl7N8O6/c1-19(57)36(55-53-32-7-3-5-25(34(32)47)38(59)49-23-9-12-27(43)29(45)16-23)40(61)51-22-11-14-31(21(15-22)18-42)52-41(62)37(20(2)58)56-54-33-8-4-6-26(35(33)48)39(60)50-24-10-13-28(44)30(46)17-24/h3-17,36-37H,18H2,1-2H3,(H,49,59)(H,50,60)(H,51,61)(H,52,62). The van der Waals surface area contributed by atoms with Gasteiger partial charge < -0.3 is 21.3 Å². The lowest BCUT2D eigenvalue weighted by atomic mass is 10.1. The minimum atomic E-state index is -1.64. The maximum atomic E-state index is 13.3. The van der Waals surface area contributed by atoms with Gasteiger partial charge in [0.25, 0.3) is 23.6 Å². The van der Waals surface area contributed by atoms with Crippen LogP contribution in [0.5, 0.6) is 0 Å². The first-order valence-corrected chi connectivity index (χ1v) is 20.5. The van der Waals surface area contributed by atoms with Crippen molar-refractivity contribution in [1.29, 1.82) is 0 Å². The Bertz CT molecular complexity index is 2680. The molecule has 0 bridgehead atoms. The lowest BCUT2D eigenvalue weighted by Gasteiger charge is -2.15. The Morgan fingerprint density at radius 2 is 0.935 bits per heavy atom. The number of carbonyl (C=O) groups excluding carboxylic acids is 6. The van der Waals surface area contributed by atoms with Gasteiger partial charge in [-0.1, -0.05) is 81.7 Å². The number of ketones is 2. The highest BCUT2D eigenvalue weighted by Crippen LogP contribution is 2.33. The van der Waals surface area contributed by atoms with E-state index in [9.17, 15) is 28.8 Å². The summed E-state index contributed by atoms with van der Waals surface area (Å²) >= 11 is 43.1. The molecule has 62 heavy (non-hydrogen) atoms. The molecule has 4 amide bonds. The number of amides is 4. The van der Waals surface area contributed by atoms with Crippen molar-refractivity contribution < 1.29 is 28.8 Å². The maximum absolute atomic E-state index is 13.3. The second kappa shape index (κ2) is 21.6. The molecular formula is C41H29Cl7N8O6. The summed E-state index contributed by atoms with van der Waals surface area (Å²) in [5, 5.41) is 27.1. The zero-order chi connectivity index (χ0) is 45.2. The van der Waals surface area contributed by atoms with E-state index in [-0.39, 0.29) is 59.8 Å². The molecule has 0 aliphatic carbocycles. The van der Waals surface area contributed by atoms with E-state index in [4.69, 9.17) is 81.2 Å². The number of rotatable bonds is 15. The molecule has 0 aliphatic heterocycles. The largest absolute Gasteiger partial charge is 0.324 e. The van der Waals surface area contributed by atoms with Crippen LogP contribution in [0.25, 0.3) is 0 Å². The van der Waals surface area contributed by atoms with E-state index in [2.05, 4.69) is 41.7 Å². The molecule has 0 saturated heterocycles. The normalized spacial score (nSPS) is 12.1. The lowest BCUT2D eigenvalue weighted by Crippen LogP contribution is -2.32. The number of nitrogens with one attached hydrogen (secondary N) is 4. The summed E-state index contributed by atoms with van der Waals surface area (Å²) in [6.45, 7) is 2.27. The number of benzene rings is 5. The Hall–Kier alpha value is -5.45. The minimum absolute atomic E-state index is 0.000720. The number of alkyl halides is 1. The second-order valence-corrected chi connectivity index (χ2v) is 15.5. The number of halogens is 7. The zero-order valence-electron chi connectivity index (χ0n) is 31.9. The molecule has 2 atom stereocenters. The quantitative estimate of drug-likeness (QED) is 0.0457. The second-order valence-electron chi connectivity index (χ2n) is 12.9. The fourth-order valence-corrected chi connectivity index (χ4v) is 6.60. The molecule has 0 saturated carbocycles. The highest BCUT2D eigenvalue weighted by Gasteiger charge is 2.26. The highest BCUT2D eigenvalue weighted by molar-refractivity contribution is 6.43. The molecule has 4 N–H and O–H groups in total. The van der Waals surface area contributed by atoms with E-state index >= 15 is 0 Å². The summed E-state index contributed by atoms with van der Waals surface area (Å²) in [5.41, 5.74) is 1.40. The van der Waals surface area contributed by atoms with Crippen LogP contribution in [0.15, 0.2) is 111 Å². The molecular weight excluding hydrogens is 949 g/mol. The number of Topliss-reactive ketones (excluding diaryl/α,β-unsaturated/α-hetero) is 2. The van der Waals surface area contributed by atoms with Crippen molar-refractivity contribution >= 4 is 151 Å². The van der Waals surface area contributed by atoms with Crippen LogP contribution in [0.3, 0.4) is 0 Å². The smallest absolute Gasteiger partial charge is 0.258 e. The van der Waals surface area contributed by atoms with E-state index in [0.29, 0.717) is 27.0 Å². The molecule has 14 nitrogen and oxygen atoms in total. The molecule has 0 aromatic heterocycles. The van der Waals surface area contributed by atoms with Gasteiger partial charge in [-0.05, 0) is 98.3 Å². The molecule has 318 valence electrons. The predicted octanol–water partition coefficient (Wildman–Crippen LogP) is 12.2. The van der Waals surface area contributed by atoms with Gasteiger partial charge in [-0.15, -0.1) is 11.6 Å². The number of carbonyl (C=O) groups is 6. The molecule has 0 fully saturated rings. The van der Waals surface area contributed by atoms with Gasteiger partial charge in [0.05, 0.1) is 41.3 Å². The average Bonchev–Trinajstić information content (AvgIpc) is 3.22. The van der Waals surface area contributed by atoms with E-state index < -0.39 is 47.3 Å². The van der Waals surface area contributed by atoms with Crippen LogP contribution >= 0.6 is 81.2 Å². The number of hydrogen-bond donors (Lipinski definition) is 4. The van der Waals surface area contributed by atoms with Crippen LogP contribution in [0.2, 0.25) is 30.1 Å². The van der Waals surface area contributed by atoms with E-state index in [1.165, 1.54) is 78.9 Å². The van der Waals surface area contributed by atoms with Crippen molar-refractivity contribution in [3.8, 4) is 0 Å². The van der Waals surface area contributed by atoms with Crippen molar-refractivity contribution in [2.75, 3.05) is 21.3 Å². The summed E-state index contributed by atoms with van der Waals surface area (Å²) in [7, 11) is 0. The van der Waals surface area contributed by atoms with Crippen LogP contribution in [0.1, 0.15) is 40.1 Å². The fraction of sp³-hybridized carbons (Fsp3) is 0.122. The van der Waals surface area contributed by atoms with Gasteiger partial charge in [0.1, 0.15) is 11.4 Å². The fourth-order valence-electron chi connectivity index (χ4n) is 5.28. The van der Waals surface area contributed by atoms with Crippen molar-refractivity contribution in [2.24, 2.45) is 20.5 Å². The molecule has 0 aliphatic rings. The Kier molecular flexibility index (Phi) is 16.6. The summed E-state index contributed by atoms with van der Waals surface area (Å²) in [4.78, 5) is 77.7. The lowest BCUT2D eigenvalue weighted by molar-refractivity contribution is -0.127. The summed E-state index contributed by atoms with van der Waals surface area (Å²) in [6, 6.07) is 18.7. The van der Waals surface area contributed by atoms with E-state index in [1.54, 1.807) is 12.1 Å². The molecule has 5 aromatic carbocycles. The molecule has 0 heterocycles. The van der Waals surface area contributed by atoms with Gasteiger partial charge in [-0.25, -0.2) is 0 Å². The summed E-state index contributed by atoms with van der Waals surface area (Å²) < 4.78 is 0. The van der Waals surface area contributed by atoms with Crippen LogP contribution in [0, 0.1) is 0 Å². The zero-order valence-corrected chi connectivity index (χ0v) is 37.2. The minimum Gasteiger partial charge on any atom is -0.324 e. The first-order valence-electron chi connectivity index (χ1n) is 17.7. The molecule has 5 rings (SSSR count). The van der Waals surface area contributed by atoms with Crippen LogP contribution < -0.4 is 21.3 Å². The molecule has 0 radical (unpaired) electrons. The van der Waals surface area contributed by atoms with Crippen LogP contribution in [-0.4, -0.2) is 47.3 Å². The summed E-state index contributed by atoms with van der Waals surface area (Å²) in [6.07, 6.45) is 0. The van der Waals surface area contributed by atoms with Gasteiger partial charge in [0.2, 0.25) is 12.1 Å². The van der Waals surface area contributed by atoms with Gasteiger partial charge >= 0.3 is 0 Å². The van der Waals surface area contributed by atoms with Gasteiger partial charge in [-0.3, -0.25) is 28.8 Å².